The van der Waals surface area contributed by atoms with E-state index in [0.29, 0.717) is 0 Å². The number of sulfonamides is 1. The Morgan fingerprint density at radius 3 is 2.45 bits per heavy atom. The Hall–Kier alpha value is -2.02. The highest BCUT2D eigenvalue weighted by atomic mass is 32.2. The maximum Gasteiger partial charge on any atom is 0.242 e. The Morgan fingerprint density at radius 1 is 1.00 bits per heavy atom. The van der Waals surface area contributed by atoms with Crippen LogP contribution in [0.2, 0.25) is 0 Å². The molecule has 112 valence electrons. The molecule has 1 N–H and O–H groups in total. The van der Waals surface area contributed by atoms with Gasteiger partial charge in [-0.3, -0.25) is 4.98 Å². The summed E-state index contributed by atoms with van der Waals surface area (Å²) in [6, 6.07) is 16.1. The molecule has 0 bridgehead atoms. The summed E-state index contributed by atoms with van der Waals surface area (Å²) >= 11 is 1.52. The van der Waals surface area contributed by atoms with Crippen molar-refractivity contribution >= 4 is 21.4 Å². The fraction of sp³-hybridized carbons (Fsp3) is 0.0625. The Kier molecular flexibility index (Phi) is 4.33. The van der Waals surface area contributed by atoms with E-state index in [1.54, 1.807) is 12.3 Å². The molecule has 3 aromatic rings. The molecular weight excluding hydrogens is 316 g/mol. The van der Waals surface area contributed by atoms with E-state index >= 15 is 0 Å². The van der Waals surface area contributed by atoms with Crippen LogP contribution in [0.3, 0.4) is 0 Å². The van der Waals surface area contributed by atoms with E-state index in [9.17, 15) is 8.42 Å². The van der Waals surface area contributed by atoms with Crippen LogP contribution in [-0.2, 0) is 10.0 Å². The van der Waals surface area contributed by atoms with Gasteiger partial charge in [0.1, 0.15) is 4.90 Å². The van der Waals surface area contributed by atoms with Crippen molar-refractivity contribution < 1.29 is 8.42 Å². The van der Waals surface area contributed by atoms with Gasteiger partial charge >= 0.3 is 0 Å². The standard InChI is InChI=1S/C16H14N2O2S2/c19-22(20,14-8-4-10-17-12-14)18-16(15-9-5-11-21-15)13-6-2-1-3-7-13/h1-12,16,18H/t16-/m0/s1. The summed E-state index contributed by atoms with van der Waals surface area (Å²) in [6.07, 6.45) is 2.89. The van der Waals surface area contributed by atoms with Crippen molar-refractivity contribution in [2.24, 2.45) is 0 Å². The molecule has 0 saturated carbocycles. The summed E-state index contributed by atoms with van der Waals surface area (Å²) in [5.41, 5.74) is 0.900. The second-order valence-electron chi connectivity index (χ2n) is 4.67. The lowest BCUT2D eigenvalue weighted by Crippen LogP contribution is -2.29. The van der Waals surface area contributed by atoms with E-state index < -0.39 is 16.1 Å². The van der Waals surface area contributed by atoms with Gasteiger partial charge < -0.3 is 0 Å². The number of aromatic nitrogens is 1. The average Bonchev–Trinajstić information content (AvgIpc) is 3.09. The quantitative estimate of drug-likeness (QED) is 0.781. The number of nitrogens with one attached hydrogen (secondary N) is 1. The minimum atomic E-state index is -3.64. The predicted octanol–water partition coefficient (Wildman–Crippen LogP) is 3.21. The summed E-state index contributed by atoms with van der Waals surface area (Å²) in [5.74, 6) is 0. The van der Waals surface area contributed by atoms with Crippen molar-refractivity contribution in [3.63, 3.8) is 0 Å². The van der Waals surface area contributed by atoms with E-state index in [0.717, 1.165) is 10.4 Å². The molecule has 0 saturated heterocycles. The number of thiophene rings is 1. The topological polar surface area (TPSA) is 59.1 Å². The molecule has 2 aromatic heterocycles. The molecule has 1 atom stereocenters. The lowest BCUT2D eigenvalue weighted by Gasteiger charge is -2.18. The molecule has 0 amide bonds. The van der Waals surface area contributed by atoms with Crippen LogP contribution in [0.25, 0.3) is 0 Å². The Balaban J connectivity index is 1.98. The largest absolute Gasteiger partial charge is 0.263 e. The predicted molar refractivity (Wildman–Crippen MR) is 87.2 cm³/mol. The third kappa shape index (κ3) is 3.24. The summed E-state index contributed by atoms with van der Waals surface area (Å²) in [5, 5.41) is 1.93. The Labute approximate surface area is 133 Å². The van der Waals surface area contributed by atoms with Gasteiger partial charge in [0, 0.05) is 17.3 Å². The molecule has 1 aromatic carbocycles. The number of hydrogen-bond acceptors (Lipinski definition) is 4. The van der Waals surface area contributed by atoms with Gasteiger partial charge in [-0.1, -0.05) is 36.4 Å². The van der Waals surface area contributed by atoms with Crippen molar-refractivity contribution in [3.05, 3.63) is 82.8 Å². The number of benzene rings is 1. The van der Waals surface area contributed by atoms with Gasteiger partial charge in [0.15, 0.2) is 0 Å². The molecule has 6 heteroatoms. The zero-order valence-corrected chi connectivity index (χ0v) is 13.2. The molecule has 22 heavy (non-hydrogen) atoms. The highest BCUT2D eigenvalue weighted by Gasteiger charge is 2.23. The van der Waals surface area contributed by atoms with Crippen LogP contribution in [0.4, 0.5) is 0 Å². The number of hydrogen-bond donors (Lipinski definition) is 1. The summed E-state index contributed by atoms with van der Waals surface area (Å²) < 4.78 is 27.9. The minimum absolute atomic E-state index is 0.160. The molecule has 3 rings (SSSR count). The van der Waals surface area contributed by atoms with E-state index in [-0.39, 0.29) is 4.90 Å². The number of pyridine rings is 1. The van der Waals surface area contributed by atoms with Crippen LogP contribution in [0.1, 0.15) is 16.5 Å². The first-order valence-electron chi connectivity index (χ1n) is 6.67. The van der Waals surface area contributed by atoms with Crippen molar-refractivity contribution in [3.8, 4) is 0 Å². The van der Waals surface area contributed by atoms with Gasteiger partial charge in [0.2, 0.25) is 10.0 Å². The molecule has 2 heterocycles. The van der Waals surface area contributed by atoms with Crippen molar-refractivity contribution in [1.82, 2.24) is 9.71 Å². The fourth-order valence-corrected chi connectivity index (χ4v) is 4.16. The van der Waals surface area contributed by atoms with Crippen LogP contribution in [0.15, 0.2) is 77.3 Å². The van der Waals surface area contributed by atoms with Crippen LogP contribution in [0, 0.1) is 0 Å². The molecule has 0 aliphatic carbocycles. The smallest absolute Gasteiger partial charge is 0.242 e. The second-order valence-corrected chi connectivity index (χ2v) is 7.36. The zero-order valence-electron chi connectivity index (χ0n) is 11.6. The second kappa shape index (κ2) is 6.39. The molecule has 0 fully saturated rings. The fourth-order valence-electron chi connectivity index (χ4n) is 2.12. The van der Waals surface area contributed by atoms with Crippen LogP contribution in [0.5, 0.6) is 0 Å². The monoisotopic (exact) mass is 330 g/mol. The number of rotatable bonds is 5. The Morgan fingerprint density at radius 2 is 1.82 bits per heavy atom. The molecule has 0 aliphatic rings. The molecular formula is C16H14N2O2S2. The van der Waals surface area contributed by atoms with E-state index in [4.69, 9.17) is 0 Å². The third-order valence-electron chi connectivity index (χ3n) is 3.18. The van der Waals surface area contributed by atoms with Crippen LogP contribution >= 0.6 is 11.3 Å². The van der Waals surface area contributed by atoms with Gasteiger partial charge in [-0.15, -0.1) is 11.3 Å². The summed E-state index contributed by atoms with van der Waals surface area (Å²) in [4.78, 5) is 4.98. The third-order valence-corrected chi connectivity index (χ3v) is 5.52. The van der Waals surface area contributed by atoms with Crippen molar-refractivity contribution in [1.29, 1.82) is 0 Å². The molecule has 4 nitrogen and oxygen atoms in total. The molecule has 0 spiro atoms. The van der Waals surface area contributed by atoms with Crippen molar-refractivity contribution in [2.75, 3.05) is 0 Å². The minimum Gasteiger partial charge on any atom is -0.263 e. The molecule has 0 radical (unpaired) electrons. The van der Waals surface area contributed by atoms with Crippen molar-refractivity contribution in [2.45, 2.75) is 10.9 Å². The molecule has 0 aliphatic heterocycles. The highest BCUT2D eigenvalue weighted by molar-refractivity contribution is 7.89. The first-order chi connectivity index (χ1) is 10.7. The maximum atomic E-state index is 12.6. The SMILES string of the molecule is O=S(=O)(N[C@@H](c1ccccc1)c1cccs1)c1cccnc1. The van der Waals surface area contributed by atoms with Crippen LogP contribution in [-0.4, -0.2) is 13.4 Å². The molecule has 0 unspecified atom stereocenters. The van der Waals surface area contributed by atoms with E-state index in [1.165, 1.54) is 23.6 Å². The lowest BCUT2D eigenvalue weighted by molar-refractivity contribution is 0.573. The van der Waals surface area contributed by atoms with Gasteiger partial charge in [-0.2, -0.15) is 4.72 Å². The maximum absolute atomic E-state index is 12.6. The normalized spacial score (nSPS) is 12.9. The van der Waals surface area contributed by atoms with E-state index in [1.807, 2.05) is 47.8 Å². The first-order valence-corrected chi connectivity index (χ1v) is 9.04. The van der Waals surface area contributed by atoms with E-state index in [2.05, 4.69) is 9.71 Å². The lowest BCUT2D eigenvalue weighted by atomic mass is 10.1. The van der Waals surface area contributed by atoms with Gasteiger partial charge in [0.05, 0.1) is 6.04 Å². The van der Waals surface area contributed by atoms with Gasteiger partial charge in [-0.05, 0) is 29.1 Å². The van der Waals surface area contributed by atoms with Crippen LogP contribution < -0.4 is 4.72 Å². The highest BCUT2D eigenvalue weighted by Crippen LogP contribution is 2.27. The van der Waals surface area contributed by atoms with Gasteiger partial charge in [-0.25, -0.2) is 8.42 Å². The zero-order chi connectivity index (χ0) is 15.4. The summed E-state index contributed by atoms with van der Waals surface area (Å²) in [7, 11) is -3.64. The number of nitrogens with zero attached hydrogens (tertiary/aromatic N) is 1. The first kappa shape index (κ1) is 14.9. The summed E-state index contributed by atoms with van der Waals surface area (Å²) in [6.45, 7) is 0. The Bertz CT molecular complexity index is 817. The van der Waals surface area contributed by atoms with Gasteiger partial charge in [0.25, 0.3) is 0 Å². The average molecular weight is 330 g/mol.